The molecule has 4 aromatic rings. The SMILES string of the molecule is Cc1ccc(S(=O)(=O)N(CC(=O)N(Cc2ccc(Cl)cc2Cl)[C@H](Cc2ccccc2)C(=O)NC(C)(C)C)c2ccc(F)cc2)cc1. The van der Waals surface area contributed by atoms with Crippen molar-refractivity contribution in [1.29, 1.82) is 0 Å². The van der Waals surface area contributed by atoms with Crippen molar-refractivity contribution < 1.29 is 22.4 Å². The lowest BCUT2D eigenvalue weighted by Crippen LogP contribution is -2.56. The summed E-state index contributed by atoms with van der Waals surface area (Å²) in [5.74, 6) is -1.66. The number of hydrogen-bond donors (Lipinski definition) is 1. The van der Waals surface area contributed by atoms with Crippen molar-refractivity contribution >= 4 is 50.7 Å². The van der Waals surface area contributed by atoms with Crippen LogP contribution in [0.4, 0.5) is 10.1 Å². The van der Waals surface area contributed by atoms with Crippen LogP contribution in [0.15, 0.2) is 102 Å². The van der Waals surface area contributed by atoms with Gasteiger partial charge in [-0.15, -0.1) is 0 Å². The van der Waals surface area contributed by atoms with E-state index in [1.807, 2.05) is 58.0 Å². The standard InChI is InChI=1S/C35H36Cl2FN3O4S/c1-24-10-18-30(19-11-24)46(44,45)41(29-16-14-28(38)15-17-29)23-33(42)40(22-26-12-13-27(36)21-31(26)37)32(34(43)39-35(2,3)4)20-25-8-6-5-7-9-25/h5-19,21,32H,20,22-23H2,1-4H3,(H,39,43)/t32-/m1/s1. The van der Waals surface area contributed by atoms with E-state index < -0.39 is 45.8 Å². The van der Waals surface area contributed by atoms with Crippen molar-refractivity contribution in [2.24, 2.45) is 0 Å². The van der Waals surface area contributed by atoms with Crippen molar-refractivity contribution in [3.63, 3.8) is 0 Å². The molecule has 1 N–H and O–H groups in total. The number of benzene rings is 4. The molecule has 1 atom stereocenters. The predicted octanol–water partition coefficient (Wildman–Crippen LogP) is 7.19. The van der Waals surface area contributed by atoms with E-state index in [1.165, 1.54) is 35.2 Å². The fraction of sp³-hybridized carbons (Fsp3) is 0.257. The maximum Gasteiger partial charge on any atom is 0.264 e. The minimum absolute atomic E-state index is 0.0474. The van der Waals surface area contributed by atoms with Gasteiger partial charge in [0.05, 0.1) is 10.6 Å². The van der Waals surface area contributed by atoms with Gasteiger partial charge in [0.15, 0.2) is 0 Å². The first-order valence-electron chi connectivity index (χ1n) is 14.6. The lowest BCUT2D eigenvalue weighted by Gasteiger charge is -2.35. The molecule has 0 aliphatic rings. The molecule has 0 aromatic heterocycles. The third kappa shape index (κ3) is 9.09. The van der Waals surface area contributed by atoms with Crippen LogP contribution in [0.5, 0.6) is 0 Å². The molecule has 0 unspecified atom stereocenters. The number of sulfonamides is 1. The first kappa shape index (κ1) is 34.9. The third-order valence-electron chi connectivity index (χ3n) is 7.13. The Balaban J connectivity index is 1.83. The van der Waals surface area contributed by atoms with E-state index in [0.29, 0.717) is 10.6 Å². The number of nitrogens with zero attached hydrogens (tertiary/aromatic N) is 2. The van der Waals surface area contributed by atoms with Crippen molar-refractivity contribution in [2.45, 2.75) is 57.1 Å². The van der Waals surface area contributed by atoms with E-state index >= 15 is 0 Å². The molecule has 0 saturated carbocycles. The number of rotatable bonds is 11. The average Bonchev–Trinajstić information content (AvgIpc) is 2.99. The Kier molecular flexibility index (Phi) is 11.1. The summed E-state index contributed by atoms with van der Waals surface area (Å²) in [4.78, 5) is 29.7. The summed E-state index contributed by atoms with van der Waals surface area (Å²) in [5.41, 5.74) is 1.60. The topological polar surface area (TPSA) is 86.8 Å². The molecule has 0 spiro atoms. The zero-order valence-electron chi connectivity index (χ0n) is 26.0. The van der Waals surface area contributed by atoms with Gasteiger partial charge in [-0.25, -0.2) is 12.8 Å². The molecule has 0 bridgehead atoms. The molecule has 4 rings (SSSR count). The summed E-state index contributed by atoms with van der Waals surface area (Å²) in [6.45, 7) is 6.52. The highest BCUT2D eigenvalue weighted by atomic mass is 35.5. The number of anilines is 1. The number of carbonyl (C=O) groups excluding carboxylic acids is 2. The van der Waals surface area contributed by atoms with Gasteiger partial charge in [0, 0.05) is 28.5 Å². The zero-order chi connectivity index (χ0) is 33.6. The van der Waals surface area contributed by atoms with Gasteiger partial charge in [0.1, 0.15) is 18.4 Å². The smallest absolute Gasteiger partial charge is 0.264 e. The molecule has 0 aliphatic heterocycles. The molecule has 2 amide bonds. The van der Waals surface area contributed by atoms with Crippen LogP contribution in [-0.4, -0.2) is 43.3 Å². The molecule has 0 heterocycles. The van der Waals surface area contributed by atoms with Crippen LogP contribution < -0.4 is 9.62 Å². The van der Waals surface area contributed by atoms with Crippen molar-refractivity contribution in [1.82, 2.24) is 10.2 Å². The van der Waals surface area contributed by atoms with E-state index in [-0.39, 0.29) is 28.6 Å². The Labute approximate surface area is 280 Å². The average molecular weight is 685 g/mol. The molecule has 46 heavy (non-hydrogen) atoms. The number of nitrogens with one attached hydrogen (secondary N) is 1. The number of hydrogen-bond acceptors (Lipinski definition) is 4. The number of carbonyl (C=O) groups is 2. The van der Waals surface area contributed by atoms with Crippen LogP contribution in [0.25, 0.3) is 0 Å². The number of halogens is 3. The van der Waals surface area contributed by atoms with Crippen LogP contribution in [-0.2, 0) is 32.6 Å². The molecule has 11 heteroatoms. The van der Waals surface area contributed by atoms with Gasteiger partial charge >= 0.3 is 0 Å². The monoisotopic (exact) mass is 683 g/mol. The molecule has 242 valence electrons. The number of aryl methyl sites for hydroxylation is 1. The van der Waals surface area contributed by atoms with E-state index in [2.05, 4.69) is 5.32 Å². The summed E-state index contributed by atoms with van der Waals surface area (Å²) in [7, 11) is -4.31. The second-order valence-electron chi connectivity index (χ2n) is 12.0. The van der Waals surface area contributed by atoms with Crippen LogP contribution >= 0.6 is 23.2 Å². The maximum atomic E-state index is 14.5. The van der Waals surface area contributed by atoms with E-state index in [0.717, 1.165) is 27.6 Å². The highest BCUT2D eigenvalue weighted by molar-refractivity contribution is 7.92. The first-order chi connectivity index (χ1) is 21.6. The van der Waals surface area contributed by atoms with Crippen molar-refractivity contribution in [3.05, 3.63) is 130 Å². The van der Waals surface area contributed by atoms with E-state index in [9.17, 15) is 22.4 Å². The minimum atomic E-state index is -4.31. The molecule has 4 aromatic carbocycles. The largest absolute Gasteiger partial charge is 0.350 e. The summed E-state index contributed by atoms with van der Waals surface area (Å²) >= 11 is 12.7. The van der Waals surface area contributed by atoms with Crippen molar-refractivity contribution in [2.75, 3.05) is 10.8 Å². The van der Waals surface area contributed by atoms with E-state index in [1.54, 1.807) is 24.3 Å². The van der Waals surface area contributed by atoms with Gasteiger partial charge in [-0.3, -0.25) is 13.9 Å². The molecule has 0 radical (unpaired) electrons. The Morgan fingerprint density at radius 1 is 0.891 bits per heavy atom. The molecular formula is C35H36Cl2FN3O4S. The highest BCUT2D eigenvalue weighted by Gasteiger charge is 2.36. The normalized spacial score (nSPS) is 12.3. The Morgan fingerprint density at radius 2 is 1.52 bits per heavy atom. The Bertz CT molecular complexity index is 1780. The zero-order valence-corrected chi connectivity index (χ0v) is 28.3. The van der Waals surface area contributed by atoms with Gasteiger partial charge in [0.25, 0.3) is 10.0 Å². The Morgan fingerprint density at radius 3 is 2.11 bits per heavy atom. The summed E-state index contributed by atoms with van der Waals surface area (Å²) in [6, 6.07) is 24.0. The van der Waals surface area contributed by atoms with Crippen LogP contribution in [0.1, 0.15) is 37.5 Å². The summed E-state index contributed by atoms with van der Waals surface area (Å²) in [5, 5.41) is 3.65. The lowest BCUT2D eigenvalue weighted by molar-refractivity contribution is -0.140. The van der Waals surface area contributed by atoms with Crippen molar-refractivity contribution in [3.8, 4) is 0 Å². The highest BCUT2D eigenvalue weighted by Crippen LogP contribution is 2.28. The lowest BCUT2D eigenvalue weighted by atomic mass is 10.0. The summed E-state index contributed by atoms with van der Waals surface area (Å²) in [6.07, 6.45) is 0.140. The third-order valence-corrected chi connectivity index (χ3v) is 9.50. The fourth-order valence-corrected chi connectivity index (χ4v) is 6.70. The molecular weight excluding hydrogens is 648 g/mol. The van der Waals surface area contributed by atoms with Gasteiger partial charge in [-0.1, -0.05) is 77.3 Å². The molecule has 0 saturated heterocycles. The fourth-order valence-electron chi connectivity index (χ4n) is 4.81. The maximum absolute atomic E-state index is 14.5. The van der Waals surface area contributed by atoms with Crippen LogP contribution in [0, 0.1) is 12.7 Å². The minimum Gasteiger partial charge on any atom is -0.350 e. The molecule has 7 nitrogen and oxygen atoms in total. The van der Waals surface area contributed by atoms with Gasteiger partial charge < -0.3 is 10.2 Å². The second-order valence-corrected chi connectivity index (χ2v) is 14.7. The molecule has 0 fully saturated rings. The molecule has 0 aliphatic carbocycles. The summed E-state index contributed by atoms with van der Waals surface area (Å²) < 4.78 is 43.0. The second kappa shape index (κ2) is 14.7. The predicted molar refractivity (Wildman–Crippen MR) is 181 cm³/mol. The van der Waals surface area contributed by atoms with Crippen LogP contribution in [0.2, 0.25) is 10.0 Å². The van der Waals surface area contributed by atoms with Crippen LogP contribution in [0.3, 0.4) is 0 Å². The first-order valence-corrected chi connectivity index (χ1v) is 16.8. The van der Waals surface area contributed by atoms with Gasteiger partial charge in [-0.05, 0) is 87.4 Å². The quantitative estimate of drug-likeness (QED) is 0.181. The van der Waals surface area contributed by atoms with Gasteiger partial charge in [0.2, 0.25) is 11.8 Å². The van der Waals surface area contributed by atoms with E-state index in [4.69, 9.17) is 23.2 Å². The number of amides is 2. The van der Waals surface area contributed by atoms with Gasteiger partial charge in [-0.2, -0.15) is 0 Å². The Hall–Kier alpha value is -3.92.